The lowest BCUT2D eigenvalue weighted by Gasteiger charge is -2.33. The van der Waals surface area contributed by atoms with E-state index in [2.05, 4.69) is 11.4 Å². The number of ether oxygens (including phenoxy) is 2. The number of aryl methyl sites for hydroxylation is 1. The maximum Gasteiger partial charge on any atom is 0.224 e. The molecule has 3 rings (SSSR count). The molecule has 150 valence electrons. The van der Waals surface area contributed by atoms with Crippen LogP contribution >= 0.6 is 0 Å². The molecule has 0 aliphatic carbocycles. The zero-order valence-corrected chi connectivity index (χ0v) is 16.9. The number of anilines is 2. The van der Waals surface area contributed by atoms with Gasteiger partial charge >= 0.3 is 0 Å². The number of benzene rings is 1. The quantitative estimate of drug-likeness (QED) is 0.786. The zero-order chi connectivity index (χ0) is 19.9. The van der Waals surface area contributed by atoms with E-state index in [1.165, 1.54) is 0 Å². The minimum absolute atomic E-state index is 0.163. The fourth-order valence-corrected chi connectivity index (χ4v) is 3.61. The molecule has 2 aromatic rings. The lowest BCUT2D eigenvalue weighted by Crippen LogP contribution is -2.39. The van der Waals surface area contributed by atoms with Crippen LogP contribution in [0, 0.1) is 6.92 Å². The molecule has 1 saturated heterocycles. The lowest BCUT2D eigenvalue weighted by atomic mass is 9.93. The number of rotatable bonds is 7. The molecule has 0 spiro atoms. The van der Waals surface area contributed by atoms with Gasteiger partial charge in [0.25, 0.3) is 0 Å². The molecule has 0 saturated carbocycles. The van der Waals surface area contributed by atoms with E-state index < -0.39 is 0 Å². The molecule has 1 atom stereocenters. The Balaban J connectivity index is 1.72. The highest BCUT2D eigenvalue weighted by Crippen LogP contribution is 2.29. The fraction of sp³-hybridized carbons (Fsp3) is 0.455. The second-order valence-corrected chi connectivity index (χ2v) is 7.20. The predicted octanol–water partition coefficient (Wildman–Crippen LogP) is 3.88. The van der Waals surface area contributed by atoms with Crippen LogP contribution in [0.25, 0.3) is 0 Å². The van der Waals surface area contributed by atoms with Crippen molar-refractivity contribution in [2.24, 2.45) is 0 Å². The Kier molecular flexibility index (Phi) is 6.87. The van der Waals surface area contributed by atoms with Gasteiger partial charge < -0.3 is 19.7 Å². The number of nitrogens with zero attached hydrogens (tertiary/aromatic N) is 2. The van der Waals surface area contributed by atoms with Crippen LogP contribution in [0.4, 0.5) is 11.4 Å². The van der Waals surface area contributed by atoms with Gasteiger partial charge in [0.15, 0.2) is 0 Å². The highest BCUT2D eigenvalue weighted by molar-refractivity contribution is 5.76. The van der Waals surface area contributed by atoms with Gasteiger partial charge in [-0.15, -0.1) is 0 Å². The van der Waals surface area contributed by atoms with Crippen molar-refractivity contribution in [1.29, 1.82) is 0 Å². The van der Waals surface area contributed by atoms with Gasteiger partial charge in [0.2, 0.25) is 5.91 Å². The van der Waals surface area contributed by atoms with Gasteiger partial charge in [-0.1, -0.05) is 0 Å². The molecule has 1 N–H and O–H groups in total. The number of hydrogen-bond donors (Lipinski definition) is 1. The average Bonchev–Trinajstić information content (AvgIpc) is 2.72. The van der Waals surface area contributed by atoms with E-state index in [9.17, 15) is 4.79 Å². The number of methoxy groups -OCH3 is 2. The summed E-state index contributed by atoms with van der Waals surface area (Å²) in [7, 11) is 3.29. The Morgan fingerprint density at radius 1 is 1.21 bits per heavy atom. The first-order valence-corrected chi connectivity index (χ1v) is 9.75. The van der Waals surface area contributed by atoms with Crippen LogP contribution in [0.1, 0.15) is 36.6 Å². The number of piperidine rings is 1. The number of amides is 1. The van der Waals surface area contributed by atoms with Crippen molar-refractivity contribution >= 4 is 17.3 Å². The first kappa shape index (κ1) is 20.1. The molecule has 1 aliphatic heterocycles. The summed E-state index contributed by atoms with van der Waals surface area (Å²) in [5.74, 6) is 1.25. The van der Waals surface area contributed by atoms with E-state index >= 15 is 0 Å². The van der Waals surface area contributed by atoms with Crippen LogP contribution in [0.3, 0.4) is 0 Å². The molecule has 1 aromatic carbocycles. The van der Waals surface area contributed by atoms with Crippen molar-refractivity contribution in [2.75, 3.05) is 39.2 Å². The van der Waals surface area contributed by atoms with Crippen LogP contribution in [-0.4, -0.2) is 49.7 Å². The van der Waals surface area contributed by atoms with Crippen LogP contribution in [-0.2, 0) is 9.53 Å². The Labute approximate surface area is 166 Å². The maximum absolute atomic E-state index is 12.4. The first-order chi connectivity index (χ1) is 13.6. The lowest BCUT2D eigenvalue weighted by molar-refractivity contribution is -0.133. The number of carbonyl (C=O) groups is 1. The van der Waals surface area contributed by atoms with Crippen molar-refractivity contribution in [2.45, 2.75) is 32.1 Å². The Morgan fingerprint density at radius 3 is 2.71 bits per heavy atom. The predicted molar refractivity (Wildman–Crippen MR) is 110 cm³/mol. The molecule has 28 heavy (non-hydrogen) atoms. The number of hydrogen-bond acceptors (Lipinski definition) is 5. The normalized spacial score (nSPS) is 16.7. The molecular weight excluding hydrogens is 354 g/mol. The number of pyridine rings is 1. The molecule has 1 aromatic heterocycles. The maximum atomic E-state index is 12.4. The Hall–Kier alpha value is -2.60. The zero-order valence-electron chi connectivity index (χ0n) is 16.9. The van der Waals surface area contributed by atoms with Crippen molar-refractivity contribution in [3.8, 4) is 5.75 Å². The molecule has 6 nitrogen and oxygen atoms in total. The molecule has 1 fully saturated rings. The van der Waals surface area contributed by atoms with E-state index in [4.69, 9.17) is 14.5 Å². The Bertz CT molecular complexity index is 792. The number of aromatic nitrogens is 1. The molecule has 6 heteroatoms. The van der Waals surface area contributed by atoms with Gasteiger partial charge in [0, 0.05) is 48.9 Å². The molecule has 0 radical (unpaired) electrons. The average molecular weight is 383 g/mol. The van der Waals surface area contributed by atoms with Crippen LogP contribution in [0.15, 0.2) is 36.4 Å². The monoisotopic (exact) mass is 383 g/mol. The van der Waals surface area contributed by atoms with Crippen LogP contribution in [0.2, 0.25) is 0 Å². The van der Waals surface area contributed by atoms with Crippen molar-refractivity contribution in [3.05, 3.63) is 47.8 Å². The minimum Gasteiger partial charge on any atom is -0.497 e. The molecule has 1 aliphatic rings. The summed E-state index contributed by atoms with van der Waals surface area (Å²) in [6, 6.07) is 12.0. The largest absolute Gasteiger partial charge is 0.497 e. The van der Waals surface area contributed by atoms with E-state index in [1.807, 2.05) is 42.2 Å². The molecule has 1 amide bonds. The van der Waals surface area contributed by atoms with E-state index in [0.29, 0.717) is 13.0 Å². The Morgan fingerprint density at radius 2 is 2.00 bits per heavy atom. The van der Waals surface area contributed by atoms with Crippen molar-refractivity contribution in [1.82, 2.24) is 9.88 Å². The van der Waals surface area contributed by atoms with Gasteiger partial charge in [-0.2, -0.15) is 0 Å². The van der Waals surface area contributed by atoms with Crippen molar-refractivity contribution in [3.63, 3.8) is 0 Å². The third-order valence-corrected chi connectivity index (χ3v) is 5.06. The second kappa shape index (κ2) is 9.55. The summed E-state index contributed by atoms with van der Waals surface area (Å²) in [5.41, 5.74) is 4.02. The molecular formula is C22H29N3O3. The summed E-state index contributed by atoms with van der Waals surface area (Å²) in [4.78, 5) is 19.1. The SMILES string of the molecule is COCCC(=O)N1CCCC(c2cc(Nc3ccc(OC)cc3)cc(C)n2)C1. The molecule has 0 bridgehead atoms. The van der Waals surface area contributed by atoms with Crippen LogP contribution < -0.4 is 10.1 Å². The van der Waals surface area contributed by atoms with E-state index in [1.54, 1.807) is 14.2 Å². The molecule has 1 unspecified atom stereocenters. The minimum atomic E-state index is 0.163. The third kappa shape index (κ3) is 5.23. The van der Waals surface area contributed by atoms with Gasteiger partial charge in [-0.3, -0.25) is 9.78 Å². The summed E-state index contributed by atoms with van der Waals surface area (Å²) in [6.07, 6.45) is 2.49. The topological polar surface area (TPSA) is 63.7 Å². The summed E-state index contributed by atoms with van der Waals surface area (Å²) < 4.78 is 10.3. The van der Waals surface area contributed by atoms with Gasteiger partial charge in [-0.05, 0) is 56.2 Å². The second-order valence-electron chi connectivity index (χ2n) is 7.20. The number of likely N-dealkylation sites (tertiary alicyclic amines) is 1. The van der Waals surface area contributed by atoms with Gasteiger partial charge in [0.1, 0.15) is 5.75 Å². The molecule has 2 heterocycles. The van der Waals surface area contributed by atoms with Gasteiger partial charge in [0.05, 0.1) is 20.1 Å². The van der Waals surface area contributed by atoms with E-state index in [0.717, 1.165) is 54.4 Å². The highest BCUT2D eigenvalue weighted by atomic mass is 16.5. The van der Waals surface area contributed by atoms with Crippen molar-refractivity contribution < 1.29 is 14.3 Å². The number of nitrogens with one attached hydrogen (secondary N) is 1. The third-order valence-electron chi connectivity index (χ3n) is 5.06. The highest BCUT2D eigenvalue weighted by Gasteiger charge is 2.25. The summed E-state index contributed by atoms with van der Waals surface area (Å²) in [5, 5.41) is 3.44. The smallest absolute Gasteiger partial charge is 0.224 e. The summed E-state index contributed by atoms with van der Waals surface area (Å²) >= 11 is 0. The first-order valence-electron chi connectivity index (χ1n) is 9.75. The standard InChI is InChI=1S/C22H29N3O3/c1-16-13-19(24-18-6-8-20(28-3)9-7-18)14-21(23-16)17-5-4-11-25(15-17)22(26)10-12-27-2/h6-9,13-14,17H,4-5,10-12,15H2,1-3H3,(H,23,24). The van der Waals surface area contributed by atoms with E-state index in [-0.39, 0.29) is 11.8 Å². The number of carbonyl (C=O) groups excluding carboxylic acids is 1. The fourth-order valence-electron chi connectivity index (χ4n) is 3.61. The van der Waals surface area contributed by atoms with Gasteiger partial charge in [-0.25, -0.2) is 0 Å². The van der Waals surface area contributed by atoms with Crippen LogP contribution in [0.5, 0.6) is 5.75 Å². The summed E-state index contributed by atoms with van der Waals surface area (Å²) in [6.45, 7) is 4.02.